The summed E-state index contributed by atoms with van der Waals surface area (Å²) in [6.45, 7) is 4.15. The maximum atomic E-state index is 9.60. The van der Waals surface area contributed by atoms with Gasteiger partial charge in [0.2, 0.25) is 5.95 Å². The first-order chi connectivity index (χ1) is 8.64. The van der Waals surface area contributed by atoms with Crippen molar-refractivity contribution in [2.75, 3.05) is 17.7 Å². The van der Waals surface area contributed by atoms with Gasteiger partial charge in [0.05, 0.1) is 17.5 Å². The SMILES string of the molecule is CCC(CC)(CO)Nc1nc(N)nc2sccc12. The molecule has 0 atom stereocenters. The van der Waals surface area contributed by atoms with Gasteiger partial charge in [-0.3, -0.25) is 0 Å². The summed E-state index contributed by atoms with van der Waals surface area (Å²) >= 11 is 1.53. The van der Waals surface area contributed by atoms with Crippen molar-refractivity contribution in [1.82, 2.24) is 9.97 Å². The minimum atomic E-state index is -0.352. The molecule has 2 aromatic rings. The molecule has 0 saturated carbocycles. The third-order valence-corrected chi connectivity index (χ3v) is 4.19. The van der Waals surface area contributed by atoms with Gasteiger partial charge in [-0.1, -0.05) is 13.8 Å². The van der Waals surface area contributed by atoms with Crippen molar-refractivity contribution in [3.05, 3.63) is 11.4 Å². The lowest BCUT2D eigenvalue weighted by molar-refractivity contribution is 0.202. The molecule has 2 rings (SSSR count). The summed E-state index contributed by atoms with van der Waals surface area (Å²) in [7, 11) is 0. The fourth-order valence-corrected chi connectivity index (χ4v) is 2.68. The van der Waals surface area contributed by atoms with Crippen LogP contribution in [-0.4, -0.2) is 27.2 Å². The normalized spacial score (nSPS) is 11.9. The molecular weight excluding hydrogens is 248 g/mol. The van der Waals surface area contributed by atoms with E-state index < -0.39 is 0 Å². The second kappa shape index (κ2) is 5.07. The number of hydrogen-bond donors (Lipinski definition) is 3. The third kappa shape index (κ3) is 2.26. The Labute approximate surface area is 110 Å². The van der Waals surface area contributed by atoms with Crippen LogP contribution in [0.2, 0.25) is 0 Å². The van der Waals surface area contributed by atoms with Gasteiger partial charge < -0.3 is 16.2 Å². The first-order valence-electron chi connectivity index (χ1n) is 6.04. The molecule has 0 amide bonds. The number of nitrogens with zero attached hydrogens (tertiary/aromatic N) is 2. The molecule has 2 heterocycles. The van der Waals surface area contributed by atoms with Gasteiger partial charge in [-0.25, -0.2) is 4.98 Å². The van der Waals surface area contributed by atoms with Crippen molar-refractivity contribution in [2.45, 2.75) is 32.2 Å². The lowest BCUT2D eigenvalue weighted by atomic mass is 9.94. The summed E-state index contributed by atoms with van der Waals surface area (Å²) in [6, 6.07) is 1.97. The molecule has 0 unspecified atom stereocenters. The summed E-state index contributed by atoms with van der Waals surface area (Å²) in [6.07, 6.45) is 1.63. The Balaban J connectivity index is 2.44. The summed E-state index contributed by atoms with van der Waals surface area (Å²) in [5.74, 6) is 0.961. The van der Waals surface area contributed by atoms with Crippen molar-refractivity contribution < 1.29 is 5.11 Å². The highest BCUT2D eigenvalue weighted by Gasteiger charge is 2.26. The van der Waals surface area contributed by atoms with Gasteiger partial charge in [-0.05, 0) is 24.3 Å². The zero-order valence-corrected chi connectivity index (χ0v) is 11.4. The average Bonchev–Trinajstić information content (AvgIpc) is 2.84. The van der Waals surface area contributed by atoms with E-state index in [0.717, 1.165) is 23.1 Å². The predicted molar refractivity (Wildman–Crippen MR) is 75.8 cm³/mol. The second-order valence-corrected chi connectivity index (χ2v) is 5.23. The van der Waals surface area contributed by atoms with E-state index in [9.17, 15) is 5.11 Å². The Morgan fingerprint density at radius 3 is 2.72 bits per heavy atom. The molecule has 0 aliphatic carbocycles. The molecule has 0 aliphatic rings. The maximum Gasteiger partial charge on any atom is 0.223 e. The third-order valence-electron chi connectivity index (χ3n) is 3.38. The highest BCUT2D eigenvalue weighted by Crippen LogP contribution is 2.29. The van der Waals surface area contributed by atoms with Crippen molar-refractivity contribution in [1.29, 1.82) is 0 Å². The van der Waals surface area contributed by atoms with Gasteiger partial charge in [-0.15, -0.1) is 11.3 Å². The molecule has 98 valence electrons. The smallest absolute Gasteiger partial charge is 0.223 e. The number of thiophene rings is 1. The molecule has 6 heteroatoms. The Morgan fingerprint density at radius 2 is 2.11 bits per heavy atom. The van der Waals surface area contributed by atoms with E-state index in [0.29, 0.717) is 5.82 Å². The minimum Gasteiger partial charge on any atom is -0.394 e. The fourth-order valence-electron chi connectivity index (χ4n) is 1.91. The molecule has 0 aromatic carbocycles. The first-order valence-corrected chi connectivity index (χ1v) is 6.92. The maximum absolute atomic E-state index is 9.60. The number of anilines is 2. The van der Waals surface area contributed by atoms with Gasteiger partial charge in [0.1, 0.15) is 10.6 Å². The largest absolute Gasteiger partial charge is 0.394 e. The van der Waals surface area contributed by atoms with E-state index in [-0.39, 0.29) is 18.1 Å². The molecule has 4 N–H and O–H groups in total. The highest BCUT2D eigenvalue weighted by molar-refractivity contribution is 7.16. The number of nitrogens with two attached hydrogens (primary N) is 1. The molecule has 0 fully saturated rings. The number of rotatable bonds is 5. The van der Waals surface area contributed by atoms with Crippen LogP contribution >= 0.6 is 11.3 Å². The van der Waals surface area contributed by atoms with Gasteiger partial charge in [-0.2, -0.15) is 4.98 Å². The van der Waals surface area contributed by atoms with Gasteiger partial charge in [0, 0.05) is 0 Å². The van der Waals surface area contributed by atoms with E-state index in [2.05, 4.69) is 15.3 Å². The van der Waals surface area contributed by atoms with E-state index in [1.54, 1.807) is 0 Å². The Hall–Kier alpha value is -1.40. The standard InChI is InChI=1S/C12H18N4OS/c1-3-12(4-2,7-17)16-9-8-5-6-18-10(8)15-11(13)14-9/h5-6,17H,3-4,7H2,1-2H3,(H3,13,14,15,16). The molecule has 18 heavy (non-hydrogen) atoms. The molecule has 2 aromatic heterocycles. The first kappa shape index (κ1) is 13.0. The van der Waals surface area contributed by atoms with Crippen LogP contribution in [0, 0.1) is 0 Å². The topological polar surface area (TPSA) is 84.1 Å². The van der Waals surface area contributed by atoms with Gasteiger partial charge in [0.15, 0.2) is 0 Å². The van der Waals surface area contributed by atoms with Crippen molar-refractivity contribution in [2.24, 2.45) is 0 Å². The number of aliphatic hydroxyl groups excluding tert-OH is 1. The van der Waals surface area contributed by atoms with E-state index in [1.807, 2.05) is 25.3 Å². The van der Waals surface area contributed by atoms with E-state index >= 15 is 0 Å². The van der Waals surface area contributed by atoms with Crippen LogP contribution in [0.25, 0.3) is 10.2 Å². The fraction of sp³-hybridized carbons (Fsp3) is 0.500. The average molecular weight is 266 g/mol. The van der Waals surface area contributed by atoms with E-state index in [1.165, 1.54) is 11.3 Å². The molecule has 0 bridgehead atoms. The quantitative estimate of drug-likeness (QED) is 0.773. The molecule has 0 radical (unpaired) electrons. The number of fused-ring (bicyclic) bond motifs is 1. The lowest BCUT2D eigenvalue weighted by Crippen LogP contribution is -2.41. The molecule has 0 spiro atoms. The van der Waals surface area contributed by atoms with Crippen molar-refractivity contribution >= 4 is 33.3 Å². The van der Waals surface area contributed by atoms with Gasteiger partial charge in [0.25, 0.3) is 0 Å². The zero-order chi connectivity index (χ0) is 13.2. The predicted octanol–water partition coefficient (Wildman–Crippen LogP) is 2.24. The number of nitrogens with one attached hydrogen (secondary N) is 1. The van der Waals surface area contributed by atoms with Crippen LogP contribution in [-0.2, 0) is 0 Å². The minimum absolute atomic E-state index is 0.0650. The van der Waals surface area contributed by atoms with Crippen LogP contribution in [0.4, 0.5) is 11.8 Å². The van der Waals surface area contributed by atoms with E-state index in [4.69, 9.17) is 5.73 Å². The van der Waals surface area contributed by atoms with Crippen LogP contribution in [0.15, 0.2) is 11.4 Å². The van der Waals surface area contributed by atoms with Gasteiger partial charge >= 0.3 is 0 Å². The molecule has 0 saturated heterocycles. The number of aliphatic hydroxyl groups is 1. The van der Waals surface area contributed by atoms with Crippen LogP contribution in [0.3, 0.4) is 0 Å². The number of aromatic nitrogens is 2. The Bertz CT molecular complexity index is 528. The number of hydrogen-bond acceptors (Lipinski definition) is 6. The monoisotopic (exact) mass is 266 g/mol. The van der Waals surface area contributed by atoms with Crippen molar-refractivity contribution in [3.8, 4) is 0 Å². The summed E-state index contributed by atoms with van der Waals surface area (Å²) in [4.78, 5) is 9.30. The Morgan fingerprint density at radius 1 is 1.39 bits per heavy atom. The molecular formula is C12H18N4OS. The Kier molecular flexibility index (Phi) is 3.68. The molecule has 0 aliphatic heterocycles. The van der Waals surface area contributed by atoms with Crippen LogP contribution in [0.5, 0.6) is 0 Å². The van der Waals surface area contributed by atoms with Crippen LogP contribution in [0.1, 0.15) is 26.7 Å². The summed E-state index contributed by atoms with van der Waals surface area (Å²) in [5.41, 5.74) is 5.36. The lowest BCUT2D eigenvalue weighted by Gasteiger charge is -2.31. The van der Waals surface area contributed by atoms with Crippen LogP contribution < -0.4 is 11.1 Å². The summed E-state index contributed by atoms with van der Waals surface area (Å²) < 4.78 is 0. The highest BCUT2D eigenvalue weighted by atomic mass is 32.1. The zero-order valence-electron chi connectivity index (χ0n) is 10.6. The summed E-state index contributed by atoms with van der Waals surface area (Å²) in [5, 5.41) is 15.8. The number of nitrogen functional groups attached to an aromatic ring is 1. The second-order valence-electron chi connectivity index (χ2n) is 4.34. The molecule has 5 nitrogen and oxygen atoms in total. The van der Waals surface area contributed by atoms with Crippen molar-refractivity contribution in [3.63, 3.8) is 0 Å².